The second-order valence-corrected chi connectivity index (χ2v) is 7.62. The SMILES string of the molecule is CC(C)(CO)[C@@H](c1ccc(N2CCCC2)cc1)N1CCNCC1. The predicted molar refractivity (Wildman–Crippen MR) is 95.9 cm³/mol. The molecule has 1 aromatic rings. The van der Waals surface area contributed by atoms with Crippen LogP contribution in [0, 0.1) is 5.41 Å². The average molecular weight is 317 g/mol. The van der Waals surface area contributed by atoms with E-state index >= 15 is 0 Å². The second-order valence-electron chi connectivity index (χ2n) is 7.62. The quantitative estimate of drug-likeness (QED) is 0.874. The second kappa shape index (κ2) is 7.20. The Bertz CT molecular complexity index is 488. The van der Waals surface area contributed by atoms with Gasteiger partial charge in [0.15, 0.2) is 0 Å². The molecule has 2 N–H and O–H groups in total. The minimum Gasteiger partial charge on any atom is -0.396 e. The summed E-state index contributed by atoms with van der Waals surface area (Å²) in [5, 5.41) is 13.4. The summed E-state index contributed by atoms with van der Waals surface area (Å²) in [6.07, 6.45) is 2.62. The van der Waals surface area contributed by atoms with Gasteiger partial charge in [-0.1, -0.05) is 26.0 Å². The van der Waals surface area contributed by atoms with Crippen molar-refractivity contribution in [3.8, 4) is 0 Å². The molecule has 0 spiro atoms. The number of anilines is 1. The van der Waals surface area contributed by atoms with Gasteiger partial charge in [-0.15, -0.1) is 0 Å². The van der Waals surface area contributed by atoms with Crippen LogP contribution >= 0.6 is 0 Å². The standard InChI is InChI=1S/C19H31N3O/c1-19(2,15-23)18(22-13-9-20-10-14-22)16-5-7-17(8-6-16)21-11-3-4-12-21/h5-8,18,20,23H,3-4,9-15H2,1-2H3/t18-/m1/s1. The Labute approximate surface area is 140 Å². The summed E-state index contributed by atoms with van der Waals surface area (Å²) in [7, 11) is 0. The van der Waals surface area contributed by atoms with E-state index in [-0.39, 0.29) is 18.1 Å². The van der Waals surface area contributed by atoms with Gasteiger partial charge in [-0.05, 0) is 30.5 Å². The van der Waals surface area contributed by atoms with E-state index in [1.54, 1.807) is 0 Å². The number of hydrogen-bond acceptors (Lipinski definition) is 4. The lowest BCUT2D eigenvalue weighted by Gasteiger charge is -2.43. The van der Waals surface area contributed by atoms with Crippen LogP contribution in [0.5, 0.6) is 0 Å². The zero-order chi connectivity index (χ0) is 16.3. The maximum absolute atomic E-state index is 9.93. The minimum atomic E-state index is -0.146. The first kappa shape index (κ1) is 16.7. The van der Waals surface area contributed by atoms with Crippen LogP contribution in [-0.4, -0.2) is 55.9 Å². The first-order chi connectivity index (χ1) is 11.1. The predicted octanol–water partition coefficient (Wildman–Crippen LogP) is 2.25. The number of piperazine rings is 1. The molecule has 2 aliphatic heterocycles. The van der Waals surface area contributed by atoms with E-state index in [2.05, 4.69) is 53.2 Å². The fourth-order valence-corrected chi connectivity index (χ4v) is 4.03. The Morgan fingerprint density at radius 3 is 2.22 bits per heavy atom. The monoisotopic (exact) mass is 317 g/mol. The number of hydrogen-bond donors (Lipinski definition) is 2. The summed E-state index contributed by atoms with van der Waals surface area (Å²) in [6, 6.07) is 9.35. The van der Waals surface area contributed by atoms with E-state index in [1.807, 2.05) is 0 Å². The van der Waals surface area contributed by atoms with Gasteiger partial charge in [-0.25, -0.2) is 0 Å². The van der Waals surface area contributed by atoms with Gasteiger partial charge in [0.2, 0.25) is 0 Å². The Kier molecular flexibility index (Phi) is 5.24. The lowest BCUT2D eigenvalue weighted by atomic mass is 9.79. The van der Waals surface area contributed by atoms with Crippen molar-refractivity contribution >= 4 is 5.69 Å². The van der Waals surface area contributed by atoms with E-state index in [4.69, 9.17) is 0 Å². The summed E-state index contributed by atoms with van der Waals surface area (Å²) in [4.78, 5) is 5.00. The maximum atomic E-state index is 9.93. The van der Waals surface area contributed by atoms with Crippen LogP contribution in [0.4, 0.5) is 5.69 Å². The molecule has 1 aromatic carbocycles. The van der Waals surface area contributed by atoms with Gasteiger partial charge in [0.25, 0.3) is 0 Å². The topological polar surface area (TPSA) is 38.7 Å². The molecule has 2 aliphatic rings. The van der Waals surface area contributed by atoms with Gasteiger partial charge in [-0.3, -0.25) is 4.90 Å². The van der Waals surface area contributed by atoms with Crippen LogP contribution < -0.4 is 10.2 Å². The summed E-state index contributed by atoms with van der Waals surface area (Å²) < 4.78 is 0. The molecule has 2 fully saturated rings. The summed E-state index contributed by atoms with van der Waals surface area (Å²) in [6.45, 7) is 11.1. The molecule has 4 nitrogen and oxygen atoms in total. The van der Waals surface area contributed by atoms with Crippen molar-refractivity contribution in [2.45, 2.75) is 32.7 Å². The van der Waals surface area contributed by atoms with Crippen molar-refractivity contribution in [2.24, 2.45) is 5.41 Å². The van der Waals surface area contributed by atoms with Crippen LogP contribution in [-0.2, 0) is 0 Å². The van der Waals surface area contributed by atoms with Crippen LogP contribution in [0.15, 0.2) is 24.3 Å². The van der Waals surface area contributed by atoms with Crippen molar-refractivity contribution in [3.05, 3.63) is 29.8 Å². The summed E-state index contributed by atoms with van der Waals surface area (Å²) >= 11 is 0. The fraction of sp³-hybridized carbons (Fsp3) is 0.684. The largest absolute Gasteiger partial charge is 0.396 e. The summed E-state index contributed by atoms with van der Waals surface area (Å²) in [5.74, 6) is 0. The van der Waals surface area contributed by atoms with Crippen molar-refractivity contribution in [3.63, 3.8) is 0 Å². The molecule has 0 saturated carbocycles. The molecule has 4 heteroatoms. The molecule has 2 saturated heterocycles. The average Bonchev–Trinajstić information content (AvgIpc) is 3.11. The summed E-state index contributed by atoms with van der Waals surface area (Å²) in [5.41, 5.74) is 2.52. The molecule has 1 atom stereocenters. The smallest absolute Gasteiger partial charge is 0.0500 e. The molecule has 0 unspecified atom stereocenters. The zero-order valence-electron chi connectivity index (χ0n) is 14.6. The van der Waals surface area contributed by atoms with Gasteiger partial charge in [0.1, 0.15) is 0 Å². The van der Waals surface area contributed by atoms with E-state index in [0.29, 0.717) is 0 Å². The molecular weight excluding hydrogens is 286 g/mol. The van der Waals surface area contributed by atoms with E-state index in [0.717, 1.165) is 26.2 Å². The van der Waals surface area contributed by atoms with Crippen LogP contribution in [0.3, 0.4) is 0 Å². The van der Waals surface area contributed by atoms with Gasteiger partial charge < -0.3 is 15.3 Å². The number of nitrogens with one attached hydrogen (secondary N) is 1. The highest BCUT2D eigenvalue weighted by molar-refractivity contribution is 5.49. The highest BCUT2D eigenvalue weighted by Gasteiger charge is 2.35. The van der Waals surface area contributed by atoms with Crippen molar-refractivity contribution in [1.29, 1.82) is 0 Å². The molecule has 23 heavy (non-hydrogen) atoms. The molecule has 0 bridgehead atoms. The van der Waals surface area contributed by atoms with E-state index in [1.165, 1.54) is 37.2 Å². The normalized spacial score (nSPS) is 21.6. The fourth-order valence-electron chi connectivity index (χ4n) is 4.03. The molecular formula is C19H31N3O. The molecule has 0 amide bonds. The lowest BCUT2D eigenvalue weighted by Crippen LogP contribution is -2.49. The Balaban J connectivity index is 1.83. The molecule has 0 aliphatic carbocycles. The van der Waals surface area contributed by atoms with Crippen molar-refractivity contribution < 1.29 is 5.11 Å². The Morgan fingerprint density at radius 2 is 1.65 bits per heavy atom. The number of benzene rings is 1. The van der Waals surface area contributed by atoms with Crippen LogP contribution in [0.1, 0.15) is 38.3 Å². The highest BCUT2D eigenvalue weighted by atomic mass is 16.3. The number of rotatable bonds is 5. The molecule has 2 heterocycles. The van der Waals surface area contributed by atoms with Gasteiger partial charge in [-0.2, -0.15) is 0 Å². The maximum Gasteiger partial charge on any atom is 0.0500 e. The van der Waals surface area contributed by atoms with Crippen molar-refractivity contribution in [1.82, 2.24) is 10.2 Å². The Hall–Kier alpha value is -1.10. The van der Waals surface area contributed by atoms with Crippen LogP contribution in [0.25, 0.3) is 0 Å². The van der Waals surface area contributed by atoms with Gasteiger partial charge >= 0.3 is 0 Å². The van der Waals surface area contributed by atoms with E-state index < -0.39 is 0 Å². The Morgan fingerprint density at radius 1 is 1.04 bits per heavy atom. The van der Waals surface area contributed by atoms with Crippen molar-refractivity contribution in [2.75, 3.05) is 50.8 Å². The van der Waals surface area contributed by atoms with Gasteiger partial charge in [0, 0.05) is 63.0 Å². The van der Waals surface area contributed by atoms with Crippen LogP contribution in [0.2, 0.25) is 0 Å². The number of nitrogens with zero attached hydrogens (tertiary/aromatic N) is 2. The minimum absolute atomic E-state index is 0.146. The van der Waals surface area contributed by atoms with Gasteiger partial charge in [0.05, 0.1) is 0 Å². The lowest BCUT2D eigenvalue weighted by molar-refractivity contribution is 0.0305. The molecule has 128 valence electrons. The zero-order valence-corrected chi connectivity index (χ0v) is 14.6. The third-order valence-electron chi connectivity index (χ3n) is 5.34. The van der Waals surface area contributed by atoms with E-state index in [9.17, 15) is 5.11 Å². The first-order valence-electron chi connectivity index (χ1n) is 9.02. The first-order valence-corrected chi connectivity index (χ1v) is 9.02. The highest BCUT2D eigenvalue weighted by Crippen LogP contribution is 2.39. The molecule has 0 aromatic heterocycles. The third kappa shape index (κ3) is 3.70. The number of aliphatic hydroxyl groups is 1. The molecule has 0 radical (unpaired) electrons. The number of aliphatic hydroxyl groups excluding tert-OH is 1. The molecule has 3 rings (SSSR count). The third-order valence-corrected chi connectivity index (χ3v) is 5.34.